The number of nitrogens with one attached hydrogen (secondary N) is 1. The van der Waals surface area contributed by atoms with Gasteiger partial charge in [-0.3, -0.25) is 9.59 Å². The van der Waals surface area contributed by atoms with Crippen LogP contribution in [0.1, 0.15) is 21.5 Å². The second-order valence-electron chi connectivity index (χ2n) is 4.98. The Kier molecular flexibility index (Phi) is 5.74. The van der Waals surface area contributed by atoms with E-state index in [4.69, 9.17) is 4.74 Å². The molecule has 0 fully saturated rings. The van der Waals surface area contributed by atoms with Gasteiger partial charge in [0.25, 0.3) is 5.91 Å². The summed E-state index contributed by atoms with van der Waals surface area (Å²) in [4.78, 5) is 23.3. The van der Waals surface area contributed by atoms with Crippen molar-refractivity contribution >= 4 is 11.9 Å². The van der Waals surface area contributed by atoms with Crippen molar-refractivity contribution in [1.82, 2.24) is 5.32 Å². The maximum Gasteiger partial charge on any atom is 0.416 e. The molecule has 25 heavy (non-hydrogen) atoms. The molecule has 0 aliphatic carbocycles. The van der Waals surface area contributed by atoms with Gasteiger partial charge in [-0.2, -0.15) is 13.2 Å². The van der Waals surface area contributed by atoms with E-state index in [1.165, 1.54) is 36.4 Å². The topological polar surface area (TPSA) is 55.4 Å². The molecular formula is C17H13F4NO3. The van der Waals surface area contributed by atoms with Crippen molar-refractivity contribution in [2.45, 2.75) is 12.8 Å². The summed E-state index contributed by atoms with van der Waals surface area (Å²) in [5, 5.41) is 2.14. The van der Waals surface area contributed by atoms with Crippen molar-refractivity contribution in [2.75, 3.05) is 6.54 Å². The van der Waals surface area contributed by atoms with E-state index in [2.05, 4.69) is 5.32 Å². The highest BCUT2D eigenvalue weighted by Crippen LogP contribution is 2.32. The molecule has 0 unspecified atom stereocenters. The van der Waals surface area contributed by atoms with Crippen molar-refractivity contribution in [1.29, 1.82) is 0 Å². The lowest BCUT2D eigenvalue weighted by atomic mass is 10.1. The van der Waals surface area contributed by atoms with E-state index in [1.807, 2.05) is 0 Å². The van der Waals surface area contributed by atoms with Crippen LogP contribution in [-0.2, 0) is 22.3 Å². The molecule has 0 aromatic heterocycles. The van der Waals surface area contributed by atoms with Gasteiger partial charge in [0.15, 0.2) is 0 Å². The van der Waals surface area contributed by atoms with Gasteiger partial charge >= 0.3 is 12.1 Å². The van der Waals surface area contributed by atoms with Crippen LogP contribution in [0.3, 0.4) is 0 Å². The number of halogens is 4. The molecule has 4 nitrogen and oxygen atoms in total. The minimum absolute atomic E-state index is 0.205. The third kappa shape index (κ3) is 5.03. The fourth-order valence-corrected chi connectivity index (χ4v) is 2.03. The summed E-state index contributed by atoms with van der Waals surface area (Å²) >= 11 is 0. The largest absolute Gasteiger partial charge is 0.459 e. The average Bonchev–Trinajstić information content (AvgIpc) is 2.57. The van der Waals surface area contributed by atoms with Crippen LogP contribution in [0.15, 0.2) is 48.5 Å². The Balaban J connectivity index is 1.90. The number of ether oxygens (including phenoxy) is 1. The summed E-state index contributed by atoms with van der Waals surface area (Å²) in [7, 11) is 0. The summed E-state index contributed by atoms with van der Waals surface area (Å²) in [5.41, 5.74) is -1.36. The molecule has 2 aromatic rings. The molecule has 132 valence electrons. The maximum atomic E-state index is 13.4. The van der Waals surface area contributed by atoms with Crippen LogP contribution < -0.4 is 5.32 Å². The fraction of sp³-hybridized carbons (Fsp3) is 0.176. The molecule has 0 saturated heterocycles. The molecule has 0 aliphatic rings. The van der Waals surface area contributed by atoms with E-state index >= 15 is 0 Å². The molecule has 0 atom stereocenters. The highest BCUT2D eigenvalue weighted by molar-refractivity contribution is 5.96. The van der Waals surface area contributed by atoms with E-state index in [0.29, 0.717) is 0 Å². The summed E-state index contributed by atoms with van der Waals surface area (Å²) < 4.78 is 56.6. The van der Waals surface area contributed by atoms with E-state index < -0.39 is 42.6 Å². The first-order valence-corrected chi connectivity index (χ1v) is 7.12. The number of hydrogen-bond acceptors (Lipinski definition) is 3. The maximum absolute atomic E-state index is 13.4. The predicted molar refractivity (Wildman–Crippen MR) is 80.0 cm³/mol. The highest BCUT2D eigenvalue weighted by Gasteiger charge is 2.33. The SMILES string of the molecule is O=C(CNC(=O)c1ccccc1F)OCc1ccccc1C(F)(F)F. The highest BCUT2D eigenvalue weighted by atomic mass is 19.4. The lowest BCUT2D eigenvalue weighted by molar-refractivity contribution is -0.146. The van der Waals surface area contributed by atoms with Gasteiger partial charge in [0.1, 0.15) is 19.0 Å². The minimum atomic E-state index is -4.57. The number of carbonyl (C=O) groups excluding carboxylic acids is 2. The van der Waals surface area contributed by atoms with Crippen LogP contribution in [0.5, 0.6) is 0 Å². The van der Waals surface area contributed by atoms with Crippen LogP contribution in [-0.4, -0.2) is 18.4 Å². The number of alkyl halides is 3. The third-order valence-electron chi connectivity index (χ3n) is 3.22. The minimum Gasteiger partial charge on any atom is -0.459 e. The first-order chi connectivity index (χ1) is 11.8. The molecule has 2 rings (SSSR count). The Bertz CT molecular complexity index is 774. The van der Waals surface area contributed by atoms with Crippen LogP contribution in [0.25, 0.3) is 0 Å². The Hall–Kier alpha value is -2.90. The molecular weight excluding hydrogens is 342 g/mol. The molecule has 0 bridgehead atoms. The quantitative estimate of drug-likeness (QED) is 0.661. The predicted octanol–water partition coefficient (Wildman–Crippen LogP) is 3.32. The zero-order chi connectivity index (χ0) is 18.4. The van der Waals surface area contributed by atoms with Gasteiger partial charge in [-0.25, -0.2) is 4.39 Å². The van der Waals surface area contributed by atoms with Gasteiger partial charge in [0, 0.05) is 5.56 Å². The normalized spacial score (nSPS) is 11.0. The molecule has 1 N–H and O–H groups in total. The number of carbonyl (C=O) groups is 2. The molecule has 0 spiro atoms. The van der Waals surface area contributed by atoms with Crippen molar-refractivity contribution in [3.63, 3.8) is 0 Å². The van der Waals surface area contributed by atoms with Gasteiger partial charge < -0.3 is 10.1 Å². The van der Waals surface area contributed by atoms with Gasteiger partial charge in [0.05, 0.1) is 11.1 Å². The first kappa shape index (κ1) is 18.4. The van der Waals surface area contributed by atoms with E-state index in [9.17, 15) is 27.2 Å². The molecule has 0 saturated carbocycles. The first-order valence-electron chi connectivity index (χ1n) is 7.12. The summed E-state index contributed by atoms with van der Waals surface area (Å²) in [6.45, 7) is -1.19. The van der Waals surface area contributed by atoms with Crippen LogP contribution in [0.2, 0.25) is 0 Å². The number of esters is 1. The van der Waals surface area contributed by atoms with Crippen molar-refractivity contribution < 1.29 is 31.9 Å². The van der Waals surface area contributed by atoms with Crippen LogP contribution in [0, 0.1) is 5.82 Å². The zero-order valence-corrected chi connectivity index (χ0v) is 12.8. The Morgan fingerprint density at radius 3 is 2.32 bits per heavy atom. The van der Waals surface area contributed by atoms with Crippen LogP contribution >= 0.6 is 0 Å². The second-order valence-corrected chi connectivity index (χ2v) is 4.98. The number of amides is 1. The van der Waals surface area contributed by atoms with Gasteiger partial charge in [0.2, 0.25) is 0 Å². The zero-order valence-electron chi connectivity index (χ0n) is 12.8. The fourth-order valence-electron chi connectivity index (χ4n) is 2.03. The van der Waals surface area contributed by atoms with Gasteiger partial charge in [-0.15, -0.1) is 0 Å². The molecule has 0 aliphatic heterocycles. The van der Waals surface area contributed by atoms with Gasteiger partial charge in [-0.1, -0.05) is 30.3 Å². The van der Waals surface area contributed by atoms with Crippen molar-refractivity contribution in [2.24, 2.45) is 0 Å². The molecule has 1 amide bonds. The lowest BCUT2D eigenvalue weighted by Gasteiger charge is -2.13. The summed E-state index contributed by atoms with van der Waals surface area (Å²) in [6, 6.07) is 9.85. The summed E-state index contributed by atoms with van der Waals surface area (Å²) in [6.07, 6.45) is -4.57. The van der Waals surface area contributed by atoms with Crippen molar-refractivity contribution in [3.8, 4) is 0 Å². The lowest BCUT2D eigenvalue weighted by Crippen LogP contribution is -2.31. The molecule has 2 aromatic carbocycles. The van der Waals surface area contributed by atoms with Crippen LogP contribution in [0.4, 0.5) is 17.6 Å². The Morgan fingerprint density at radius 1 is 1.00 bits per heavy atom. The Labute approximate surface area is 140 Å². The summed E-state index contributed by atoms with van der Waals surface area (Å²) in [5.74, 6) is -2.53. The number of rotatable bonds is 5. The molecule has 0 heterocycles. The second kappa shape index (κ2) is 7.78. The van der Waals surface area contributed by atoms with E-state index in [0.717, 1.165) is 12.1 Å². The van der Waals surface area contributed by atoms with E-state index in [1.54, 1.807) is 0 Å². The Morgan fingerprint density at radius 2 is 1.64 bits per heavy atom. The monoisotopic (exact) mass is 355 g/mol. The average molecular weight is 355 g/mol. The molecule has 8 heteroatoms. The van der Waals surface area contributed by atoms with Crippen molar-refractivity contribution in [3.05, 3.63) is 71.0 Å². The molecule has 0 radical (unpaired) electrons. The standard InChI is InChI=1S/C17H13F4NO3/c18-14-8-4-2-6-12(14)16(24)22-9-15(23)25-10-11-5-1-3-7-13(11)17(19,20)21/h1-8H,9-10H2,(H,22,24). The third-order valence-corrected chi connectivity index (χ3v) is 3.22. The van der Waals surface area contributed by atoms with Gasteiger partial charge in [-0.05, 0) is 18.2 Å². The van der Waals surface area contributed by atoms with E-state index in [-0.39, 0.29) is 11.1 Å². The smallest absolute Gasteiger partial charge is 0.416 e. The number of hydrogen-bond donors (Lipinski definition) is 1. The number of benzene rings is 2.